The molecule has 1 N–H and O–H groups in total. The largest absolute Gasteiger partial charge is 0.380 e. The van der Waals surface area contributed by atoms with Crippen molar-refractivity contribution in [2.24, 2.45) is 0 Å². The molecule has 82 valence electrons. The van der Waals surface area contributed by atoms with Crippen molar-refractivity contribution in [3.63, 3.8) is 0 Å². The summed E-state index contributed by atoms with van der Waals surface area (Å²) in [5.41, 5.74) is 0.632. The van der Waals surface area contributed by atoms with Crippen LogP contribution in [0.3, 0.4) is 0 Å². The predicted molar refractivity (Wildman–Crippen MR) is 60.5 cm³/mol. The number of hydrogen-bond donors (Lipinski definition) is 1. The molecule has 0 bridgehead atoms. The Kier molecular flexibility index (Phi) is 3.21. The summed E-state index contributed by atoms with van der Waals surface area (Å²) in [7, 11) is 2.12. The van der Waals surface area contributed by atoms with Gasteiger partial charge in [-0.05, 0) is 45.1 Å². The minimum Gasteiger partial charge on any atom is -0.380 e. The molecule has 15 heavy (non-hydrogen) atoms. The SMILES string of the molecule is CN1CCC(Nc2ccccc2F)CC1. The molecule has 0 amide bonds. The third-order valence-corrected chi connectivity index (χ3v) is 2.95. The maximum Gasteiger partial charge on any atom is 0.146 e. The van der Waals surface area contributed by atoms with Crippen molar-refractivity contribution in [2.75, 3.05) is 25.5 Å². The van der Waals surface area contributed by atoms with Crippen LogP contribution < -0.4 is 5.32 Å². The van der Waals surface area contributed by atoms with E-state index in [9.17, 15) is 4.39 Å². The number of nitrogens with zero attached hydrogens (tertiary/aromatic N) is 1. The van der Waals surface area contributed by atoms with E-state index in [2.05, 4.69) is 17.3 Å². The van der Waals surface area contributed by atoms with Crippen LogP contribution in [-0.4, -0.2) is 31.1 Å². The number of nitrogens with one attached hydrogen (secondary N) is 1. The Hall–Kier alpha value is -1.09. The third kappa shape index (κ3) is 2.69. The van der Waals surface area contributed by atoms with Crippen molar-refractivity contribution in [1.82, 2.24) is 4.90 Å². The molecule has 0 aliphatic carbocycles. The molecule has 0 spiro atoms. The van der Waals surface area contributed by atoms with Crippen LogP contribution in [-0.2, 0) is 0 Å². The zero-order chi connectivity index (χ0) is 10.7. The fraction of sp³-hybridized carbons (Fsp3) is 0.500. The smallest absolute Gasteiger partial charge is 0.146 e. The minimum absolute atomic E-state index is 0.156. The minimum atomic E-state index is -0.156. The van der Waals surface area contributed by atoms with E-state index in [0.717, 1.165) is 25.9 Å². The molecular weight excluding hydrogens is 191 g/mol. The highest BCUT2D eigenvalue weighted by Crippen LogP contribution is 2.18. The molecule has 0 atom stereocenters. The number of halogens is 1. The van der Waals surface area contributed by atoms with E-state index in [-0.39, 0.29) is 5.82 Å². The lowest BCUT2D eigenvalue weighted by molar-refractivity contribution is 0.263. The Morgan fingerprint density at radius 1 is 1.27 bits per heavy atom. The molecule has 0 aromatic heterocycles. The van der Waals surface area contributed by atoms with Crippen LogP contribution in [0.5, 0.6) is 0 Å². The van der Waals surface area contributed by atoms with Crippen LogP contribution >= 0.6 is 0 Å². The second-order valence-electron chi connectivity index (χ2n) is 4.20. The van der Waals surface area contributed by atoms with Crippen LogP contribution in [0.2, 0.25) is 0 Å². The van der Waals surface area contributed by atoms with Crippen molar-refractivity contribution in [1.29, 1.82) is 0 Å². The lowest BCUT2D eigenvalue weighted by atomic mass is 10.1. The number of benzene rings is 1. The Labute approximate surface area is 90.1 Å². The average Bonchev–Trinajstić information content (AvgIpc) is 2.25. The fourth-order valence-corrected chi connectivity index (χ4v) is 1.95. The summed E-state index contributed by atoms with van der Waals surface area (Å²) in [6.07, 6.45) is 2.18. The van der Waals surface area contributed by atoms with Gasteiger partial charge in [0, 0.05) is 6.04 Å². The Morgan fingerprint density at radius 3 is 2.60 bits per heavy atom. The second-order valence-corrected chi connectivity index (χ2v) is 4.20. The molecule has 0 saturated carbocycles. The summed E-state index contributed by atoms with van der Waals surface area (Å²) in [6.45, 7) is 2.18. The van der Waals surface area contributed by atoms with Crippen molar-refractivity contribution in [3.05, 3.63) is 30.1 Å². The van der Waals surface area contributed by atoms with Gasteiger partial charge in [0.25, 0.3) is 0 Å². The van der Waals surface area contributed by atoms with Crippen LogP contribution in [0.1, 0.15) is 12.8 Å². The summed E-state index contributed by atoms with van der Waals surface area (Å²) < 4.78 is 13.3. The molecule has 1 aromatic carbocycles. The molecule has 1 saturated heterocycles. The monoisotopic (exact) mass is 208 g/mol. The summed E-state index contributed by atoms with van der Waals surface area (Å²) in [6, 6.07) is 7.29. The summed E-state index contributed by atoms with van der Waals surface area (Å²) >= 11 is 0. The quantitative estimate of drug-likeness (QED) is 0.802. The number of piperidine rings is 1. The summed E-state index contributed by atoms with van der Waals surface area (Å²) in [5, 5.41) is 3.27. The number of anilines is 1. The van der Waals surface area contributed by atoms with Crippen molar-refractivity contribution >= 4 is 5.69 Å². The van der Waals surface area contributed by atoms with Crippen LogP contribution in [0, 0.1) is 5.82 Å². The zero-order valence-corrected chi connectivity index (χ0v) is 9.04. The number of rotatable bonds is 2. The number of hydrogen-bond acceptors (Lipinski definition) is 2. The molecule has 0 unspecified atom stereocenters. The van der Waals surface area contributed by atoms with Crippen molar-refractivity contribution < 1.29 is 4.39 Å². The Bertz CT molecular complexity index is 319. The van der Waals surface area contributed by atoms with E-state index >= 15 is 0 Å². The maximum atomic E-state index is 13.3. The second kappa shape index (κ2) is 4.62. The summed E-state index contributed by atoms with van der Waals surface area (Å²) in [5.74, 6) is -0.156. The molecule has 2 nitrogen and oxygen atoms in total. The molecule has 1 fully saturated rings. The van der Waals surface area contributed by atoms with E-state index in [1.165, 1.54) is 6.07 Å². The normalized spacial score (nSPS) is 19.1. The Balaban J connectivity index is 1.95. The van der Waals surface area contributed by atoms with Gasteiger partial charge in [-0.25, -0.2) is 4.39 Å². The molecule has 0 radical (unpaired) electrons. The average molecular weight is 208 g/mol. The van der Waals surface area contributed by atoms with Gasteiger partial charge in [0.1, 0.15) is 5.82 Å². The first-order valence-corrected chi connectivity index (χ1v) is 5.45. The summed E-state index contributed by atoms with van der Waals surface area (Å²) in [4.78, 5) is 2.31. The van der Waals surface area contributed by atoms with Gasteiger partial charge in [-0.15, -0.1) is 0 Å². The number of para-hydroxylation sites is 1. The first kappa shape index (κ1) is 10.4. The van der Waals surface area contributed by atoms with Gasteiger partial charge in [-0.2, -0.15) is 0 Å². The molecule has 3 heteroatoms. The topological polar surface area (TPSA) is 15.3 Å². The van der Waals surface area contributed by atoms with Gasteiger partial charge in [0.2, 0.25) is 0 Å². The first-order chi connectivity index (χ1) is 7.25. The van der Waals surface area contributed by atoms with E-state index in [4.69, 9.17) is 0 Å². The zero-order valence-electron chi connectivity index (χ0n) is 9.04. The van der Waals surface area contributed by atoms with Gasteiger partial charge >= 0.3 is 0 Å². The van der Waals surface area contributed by atoms with E-state index in [0.29, 0.717) is 11.7 Å². The van der Waals surface area contributed by atoms with E-state index < -0.39 is 0 Å². The van der Waals surface area contributed by atoms with Gasteiger partial charge in [0.05, 0.1) is 5.69 Å². The van der Waals surface area contributed by atoms with Crippen LogP contribution in [0.4, 0.5) is 10.1 Å². The van der Waals surface area contributed by atoms with Gasteiger partial charge in [-0.3, -0.25) is 0 Å². The lowest BCUT2D eigenvalue weighted by Gasteiger charge is -2.30. The highest BCUT2D eigenvalue weighted by atomic mass is 19.1. The van der Waals surface area contributed by atoms with E-state index in [1.807, 2.05) is 6.07 Å². The molecule has 1 aliphatic rings. The third-order valence-electron chi connectivity index (χ3n) is 2.95. The number of likely N-dealkylation sites (tertiary alicyclic amines) is 1. The molecule has 2 rings (SSSR count). The molecule has 1 aliphatic heterocycles. The highest BCUT2D eigenvalue weighted by molar-refractivity contribution is 5.45. The highest BCUT2D eigenvalue weighted by Gasteiger charge is 2.16. The standard InChI is InChI=1S/C12H17FN2/c1-15-8-6-10(7-9-15)14-12-5-3-2-4-11(12)13/h2-5,10,14H,6-9H2,1H3. The molecule has 1 heterocycles. The maximum absolute atomic E-state index is 13.3. The lowest BCUT2D eigenvalue weighted by Crippen LogP contribution is -2.36. The first-order valence-electron chi connectivity index (χ1n) is 5.45. The van der Waals surface area contributed by atoms with Gasteiger partial charge < -0.3 is 10.2 Å². The van der Waals surface area contributed by atoms with Gasteiger partial charge in [-0.1, -0.05) is 12.1 Å². The Morgan fingerprint density at radius 2 is 1.93 bits per heavy atom. The van der Waals surface area contributed by atoms with E-state index in [1.54, 1.807) is 12.1 Å². The van der Waals surface area contributed by atoms with Crippen molar-refractivity contribution in [3.8, 4) is 0 Å². The van der Waals surface area contributed by atoms with Crippen LogP contribution in [0.25, 0.3) is 0 Å². The molecular formula is C12H17FN2. The predicted octanol–water partition coefficient (Wildman–Crippen LogP) is 2.33. The molecule has 1 aromatic rings. The van der Waals surface area contributed by atoms with Crippen LogP contribution in [0.15, 0.2) is 24.3 Å². The fourth-order valence-electron chi connectivity index (χ4n) is 1.95. The van der Waals surface area contributed by atoms with Gasteiger partial charge in [0.15, 0.2) is 0 Å². The van der Waals surface area contributed by atoms with Crippen molar-refractivity contribution in [2.45, 2.75) is 18.9 Å².